The van der Waals surface area contributed by atoms with Crippen molar-refractivity contribution < 1.29 is 27.9 Å². The van der Waals surface area contributed by atoms with Gasteiger partial charge in [0.2, 0.25) is 0 Å². The molecule has 0 unspecified atom stereocenters. The summed E-state index contributed by atoms with van der Waals surface area (Å²) in [5, 5.41) is 0. The Labute approximate surface area is 90.0 Å². The summed E-state index contributed by atoms with van der Waals surface area (Å²) < 4.78 is 75.4. The molecule has 1 N–H and O–H groups in total. The second-order valence-electron chi connectivity index (χ2n) is 2.39. The van der Waals surface area contributed by atoms with Gasteiger partial charge in [-0.2, -0.15) is 8.42 Å². The molecule has 0 aliphatic carbocycles. The van der Waals surface area contributed by atoms with Gasteiger partial charge in [0.1, 0.15) is 20.1 Å². The second-order valence-corrected chi connectivity index (χ2v) is 6.10. The van der Waals surface area contributed by atoms with E-state index in [2.05, 4.69) is 0 Å². The van der Waals surface area contributed by atoms with Crippen molar-refractivity contribution in [2.45, 2.75) is 4.90 Å². The Balaban J connectivity index is 3.78. The molecule has 1 aromatic carbocycles. The smallest absolute Gasteiger partial charge is 0.282 e. The van der Waals surface area contributed by atoms with Crippen LogP contribution in [0.1, 0.15) is 0 Å². The highest BCUT2D eigenvalue weighted by Gasteiger charge is 2.24. The Morgan fingerprint density at radius 2 is 1.73 bits per heavy atom. The molecule has 0 aliphatic rings. The van der Waals surface area contributed by atoms with Crippen LogP contribution in [0.25, 0.3) is 0 Å². The standard InChI is InChI=1S/C6H3F2IO5S/c7-3-1-4(8)6(9(10)11)5(2-3)15(12,13)14/h1-2H,(H,12,13,14). The SMILES string of the molecule is O=I(=O)c1c(F)cc(F)cc1S(=O)(=O)O. The number of benzene rings is 1. The zero-order valence-electron chi connectivity index (χ0n) is 6.78. The maximum absolute atomic E-state index is 12.9. The lowest BCUT2D eigenvalue weighted by molar-refractivity contribution is 0.478. The molecule has 84 valence electrons. The van der Waals surface area contributed by atoms with Gasteiger partial charge in [0.15, 0.2) is 0 Å². The van der Waals surface area contributed by atoms with Crippen LogP contribution in [0.2, 0.25) is 0 Å². The molecule has 0 saturated carbocycles. The largest absolute Gasteiger partial charge is 0.345 e. The monoisotopic (exact) mass is 352 g/mol. The van der Waals surface area contributed by atoms with Gasteiger partial charge in [-0.05, 0) is 6.07 Å². The van der Waals surface area contributed by atoms with Crippen LogP contribution in [0.15, 0.2) is 17.0 Å². The number of rotatable bonds is 2. The highest BCUT2D eigenvalue weighted by molar-refractivity contribution is 14.2. The van der Waals surface area contributed by atoms with E-state index in [0.29, 0.717) is 0 Å². The fraction of sp³-hybridized carbons (Fsp3) is 0. The lowest BCUT2D eigenvalue weighted by atomic mass is 10.3. The quantitative estimate of drug-likeness (QED) is 0.496. The van der Waals surface area contributed by atoms with Crippen molar-refractivity contribution in [2.75, 3.05) is 0 Å². The third-order valence-electron chi connectivity index (χ3n) is 1.39. The van der Waals surface area contributed by atoms with Crippen LogP contribution in [0.5, 0.6) is 0 Å². The first kappa shape index (κ1) is 12.4. The fourth-order valence-electron chi connectivity index (χ4n) is 0.870. The fourth-order valence-corrected chi connectivity index (χ4v) is 3.88. The van der Waals surface area contributed by atoms with E-state index < -0.39 is 50.0 Å². The van der Waals surface area contributed by atoms with E-state index in [1.807, 2.05) is 0 Å². The number of halogens is 3. The molecule has 9 heteroatoms. The third-order valence-corrected chi connectivity index (χ3v) is 4.61. The van der Waals surface area contributed by atoms with Crippen LogP contribution in [0.3, 0.4) is 0 Å². The molecule has 0 bridgehead atoms. The molecule has 5 nitrogen and oxygen atoms in total. The molecule has 0 fully saturated rings. The van der Waals surface area contributed by atoms with Crippen molar-refractivity contribution in [3.63, 3.8) is 0 Å². The van der Waals surface area contributed by atoms with Gasteiger partial charge < -0.3 is 0 Å². The van der Waals surface area contributed by atoms with Gasteiger partial charge in [0, 0.05) is 6.07 Å². The Morgan fingerprint density at radius 1 is 1.20 bits per heavy atom. The normalized spacial score (nSPS) is 12.0. The molecule has 1 aromatic rings. The summed E-state index contributed by atoms with van der Waals surface area (Å²) in [4.78, 5) is -1.27. The summed E-state index contributed by atoms with van der Waals surface area (Å²) in [6.45, 7) is 0. The van der Waals surface area contributed by atoms with E-state index in [4.69, 9.17) is 4.55 Å². The van der Waals surface area contributed by atoms with Crippen LogP contribution < -0.4 is 0 Å². The van der Waals surface area contributed by atoms with Gasteiger partial charge >= 0.3 is 19.8 Å². The minimum atomic E-state index is -4.96. The molecule has 0 spiro atoms. The first-order chi connectivity index (χ1) is 6.73. The Morgan fingerprint density at radius 3 is 2.13 bits per heavy atom. The highest BCUT2D eigenvalue weighted by Crippen LogP contribution is 2.28. The van der Waals surface area contributed by atoms with Gasteiger partial charge in [-0.15, -0.1) is 0 Å². The maximum atomic E-state index is 12.9. The predicted molar refractivity (Wildman–Crippen MR) is 50.3 cm³/mol. The Bertz CT molecular complexity index is 569. The molecular weight excluding hydrogens is 349 g/mol. The minimum Gasteiger partial charge on any atom is -0.282 e. The first-order valence-corrected chi connectivity index (χ1v) is 7.53. The molecule has 1 rings (SSSR count). The van der Waals surface area contributed by atoms with E-state index in [-0.39, 0.29) is 12.1 Å². The van der Waals surface area contributed by atoms with Crippen molar-refractivity contribution in [3.8, 4) is 0 Å². The molecule has 0 aromatic heterocycles. The summed E-state index contributed by atoms with van der Waals surface area (Å²) in [5.74, 6) is -2.82. The van der Waals surface area contributed by atoms with Crippen molar-refractivity contribution in [1.29, 1.82) is 0 Å². The van der Waals surface area contributed by atoms with Crippen LogP contribution in [-0.2, 0) is 16.3 Å². The van der Waals surface area contributed by atoms with Crippen molar-refractivity contribution in [2.24, 2.45) is 0 Å². The van der Waals surface area contributed by atoms with Gasteiger partial charge in [-0.25, -0.2) is 14.9 Å². The summed E-state index contributed by atoms with van der Waals surface area (Å²) in [7, 11) is -4.96. The van der Waals surface area contributed by atoms with Crippen LogP contribution in [0.4, 0.5) is 8.78 Å². The molecule has 0 amide bonds. The van der Waals surface area contributed by atoms with Crippen LogP contribution in [-0.4, -0.2) is 13.0 Å². The second kappa shape index (κ2) is 4.06. The lowest BCUT2D eigenvalue weighted by Gasteiger charge is -2.01. The average molecular weight is 352 g/mol. The van der Waals surface area contributed by atoms with Crippen molar-refractivity contribution in [1.82, 2.24) is 0 Å². The molecular formula is C6H3F2IO5S. The van der Waals surface area contributed by atoms with Gasteiger partial charge in [0.05, 0.1) is 0 Å². The predicted octanol–water partition coefficient (Wildman–Crippen LogP) is 1.58. The molecule has 0 radical (unpaired) electrons. The summed E-state index contributed by atoms with van der Waals surface area (Å²) >= 11 is -4.48. The molecule has 15 heavy (non-hydrogen) atoms. The van der Waals surface area contributed by atoms with Gasteiger partial charge in [-0.1, -0.05) is 0 Å². The number of hydrogen-bond donors (Lipinski definition) is 1. The van der Waals surface area contributed by atoms with Crippen LogP contribution in [0, 0.1) is 15.2 Å². The molecule has 0 heterocycles. The summed E-state index contributed by atoms with van der Waals surface area (Å²) in [6.07, 6.45) is 0. The van der Waals surface area contributed by atoms with Gasteiger partial charge in [-0.3, -0.25) is 4.55 Å². The zero-order chi connectivity index (χ0) is 11.8. The first-order valence-electron chi connectivity index (χ1n) is 3.25. The third kappa shape index (κ3) is 2.66. The Kier molecular flexibility index (Phi) is 3.35. The molecule has 0 saturated heterocycles. The van der Waals surface area contributed by atoms with Crippen LogP contribution >= 0.6 is 19.8 Å². The van der Waals surface area contributed by atoms with E-state index in [0.717, 1.165) is 0 Å². The Hall–Kier alpha value is -0.680. The number of hydrogen-bond acceptors (Lipinski definition) is 4. The molecule has 0 atom stereocenters. The van der Waals surface area contributed by atoms with Gasteiger partial charge in [0.25, 0.3) is 10.1 Å². The molecule has 0 aliphatic heterocycles. The lowest BCUT2D eigenvalue weighted by Crippen LogP contribution is -2.04. The van der Waals surface area contributed by atoms with E-state index in [9.17, 15) is 23.3 Å². The van der Waals surface area contributed by atoms with E-state index >= 15 is 0 Å². The topological polar surface area (TPSA) is 88.5 Å². The highest BCUT2D eigenvalue weighted by atomic mass is 127. The minimum absolute atomic E-state index is 0.226. The van der Waals surface area contributed by atoms with Crippen molar-refractivity contribution in [3.05, 3.63) is 27.3 Å². The average Bonchev–Trinajstić information content (AvgIpc) is 1.99. The summed E-state index contributed by atoms with van der Waals surface area (Å²) in [6, 6.07) is 0.471. The van der Waals surface area contributed by atoms with E-state index in [1.54, 1.807) is 0 Å². The maximum Gasteiger partial charge on any atom is 0.345 e. The van der Waals surface area contributed by atoms with E-state index in [1.165, 1.54) is 0 Å². The zero-order valence-corrected chi connectivity index (χ0v) is 9.75. The van der Waals surface area contributed by atoms with Crippen molar-refractivity contribution >= 4 is 29.9 Å². The summed E-state index contributed by atoms with van der Waals surface area (Å²) in [5.41, 5.74) is 0.